The first-order chi connectivity index (χ1) is 10.1. The van der Waals surface area contributed by atoms with E-state index in [2.05, 4.69) is 15.3 Å². The lowest BCUT2D eigenvalue weighted by Gasteiger charge is -2.37. The summed E-state index contributed by atoms with van der Waals surface area (Å²) in [6.45, 7) is 5.00. The van der Waals surface area contributed by atoms with Gasteiger partial charge < -0.3 is 20.1 Å². The van der Waals surface area contributed by atoms with Crippen LogP contribution in [0.5, 0.6) is 0 Å². The number of aromatic nitrogens is 2. The van der Waals surface area contributed by atoms with Crippen molar-refractivity contribution in [2.45, 2.75) is 26.0 Å². The quantitative estimate of drug-likeness (QED) is 0.593. The lowest BCUT2D eigenvalue weighted by atomic mass is 10.2. The van der Waals surface area contributed by atoms with Crippen molar-refractivity contribution < 1.29 is 14.8 Å². The van der Waals surface area contributed by atoms with E-state index in [-0.39, 0.29) is 30.3 Å². The minimum Gasteiger partial charge on any atom is -0.394 e. The molecule has 1 fully saturated rings. The second kappa shape index (κ2) is 6.64. The Morgan fingerprint density at radius 3 is 3.05 bits per heavy atom. The Morgan fingerprint density at radius 2 is 2.43 bits per heavy atom. The average molecular weight is 297 g/mol. The molecule has 0 bridgehead atoms. The zero-order valence-corrected chi connectivity index (χ0v) is 12.0. The molecule has 1 aromatic heterocycles. The van der Waals surface area contributed by atoms with Gasteiger partial charge in [-0.05, 0) is 13.8 Å². The summed E-state index contributed by atoms with van der Waals surface area (Å²) in [7, 11) is 0. The lowest BCUT2D eigenvalue weighted by molar-refractivity contribution is -0.384. The highest BCUT2D eigenvalue weighted by molar-refractivity contribution is 5.59. The van der Waals surface area contributed by atoms with Crippen LogP contribution in [-0.2, 0) is 4.74 Å². The zero-order chi connectivity index (χ0) is 15.4. The maximum Gasteiger partial charge on any atom is 0.329 e. The van der Waals surface area contributed by atoms with Gasteiger partial charge in [0.05, 0.1) is 30.3 Å². The van der Waals surface area contributed by atoms with Crippen LogP contribution in [0.25, 0.3) is 0 Å². The molecule has 0 aliphatic carbocycles. The molecule has 21 heavy (non-hydrogen) atoms. The van der Waals surface area contributed by atoms with Crippen LogP contribution in [0, 0.1) is 10.1 Å². The van der Waals surface area contributed by atoms with Crippen LogP contribution in [-0.4, -0.2) is 58.4 Å². The summed E-state index contributed by atoms with van der Waals surface area (Å²) in [6, 6.07) is -0.0733. The van der Waals surface area contributed by atoms with E-state index in [9.17, 15) is 15.2 Å². The normalized spacial score (nSPS) is 22.1. The molecule has 2 atom stereocenters. The molecule has 0 radical (unpaired) electrons. The van der Waals surface area contributed by atoms with E-state index in [1.54, 1.807) is 4.90 Å². The largest absolute Gasteiger partial charge is 0.394 e. The molecule has 2 rings (SSSR count). The molecule has 9 heteroatoms. The SMILES string of the molecule is CCNc1ncc([N+](=O)[O-])c(N2CC(CO)OCC2C)n1. The molecule has 0 amide bonds. The summed E-state index contributed by atoms with van der Waals surface area (Å²) < 4.78 is 5.45. The number of nitrogens with one attached hydrogen (secondary N) is 1. The van der Waals surface area contributed by atoms with E-state index in [0.717, 1.165) is 0 Å². The molecule has 116 valence electrons. The molecule has 1 saturated heterocycles. The van der Waals surface area contributed by atoms with Gasteiger partial charge in [-0.1, -0.05) is 0 Å². The van der Waals surface area contributed by atoms with Crippen LogP contribution in [0.2, 0.25) is 0 Å². The molecule has 2 heterocycles. The number of morpholine rings is 1. The predicted molar refractivity (Wildman–Crippen MR) is 76.5 cm³/mol. The standard InChI is InChI=1S/C12H19N5O4/c1-3-13-12-14-4-10(17(19)20)11(15-12)16-5-9(6-18)21-7-8(16)2/h4,8-9,18H,3,5-7H2,1-2H3,(H,13,14,15). The van der Waals surface area contributed by atoms with Crippen LogP contribution < -0.4 is 10.2 Å². The Labute approximate surface area is 122 Å². The van der Waals surface area contributed by atoms with Crippen molar-refractivity contribution in [3.8, 4) is 0 Å². The highest BCUT2D eigenvalue weighted by Gasteiger charge is 2.32. The number of rotatable bonds is 5. The van der Waals surface area contributed by atoms with Gasteiger partial charge in [-0.2, -0.15) is 4.98 Å². The Bertz CT molecular complexity index is 512. The van der Waals surface area contributed by atoms with Gasteiger partial charge in [0.15, 0.2) is 0 Å². The molecule has 2 N–H and O–H groups in total. The minimum atomic E-state index is -0.499. The summed E-state index contributed by atoms with van der Waals surface area (Å²) in [5.41, 5.74) is -0.151. The first-order valence-corrected chi connectivity index (χ1v) is 6.81. The number of hydrogen-bond donors (Lipinski definition) is 2. The molecular weight excluding hydrogens is 278 g/mol. The first kappa shape index (κ1) is 15.4. The van der Waals surface area contributed by atoms with Crippen LogP contribution in [0.4, 0.5) is 17.5 Å². The molecule has 0 saturated carbocycles. The van der Waals surface area contributed by atoms with E-state index in [1.807, 2.05) is 13.8 Å². The van der Waals surface area contributed by atoms with Gasteiger partial charge in [0.1, 0.15) is 6.20 Å². The van der Waals surface area contributed by atoms with Crippen molar-refractivity contribution in [2.24, 2.45) is 0 Å². The number of hydrogen-bond acceptors (Lipinski definition) is 8. The molecule has 2 unspecified atom stereocenters. The second-order valence-electron chi connectivity index (χ2n) is 4.83. The highest BCUT2D eigenvalue weighted by Crippen LogP contribution is 2.29. The molecule has 1 aromatic rings. The number of aliphatic hydroxyl groups excluding tert-OH is 1. The third-order valence-electron chi connectivity index (χ3n) is 3.26. The van der Waals surface area contributed by atoms with Crippen molar-refractivity contribution in [3.63, 3.8) is 0 Å². The number of nitrogens with zero attached hydrogens (tertiary/aromatic N) is 4. The summed E-state index contributed by atoms with van der Waals surface area (Å²) in [6.07, 6.45) is 0.828. The molecule has 1 aliphatic rings. The molecule has 0 aromatic carbocycles. The monoisotopic (exact) mass is 297 g/mol. The van der Waals surface area contributed by atoms with Crippen molar-refractivity contribution in [1.29, 1.82) is 0 Å². The number of ether oxygens (including phenoxy) is 1. The lowest BCUT2D eigenvalue weighted by Crippen LogP contribution is -2.50. The maximum absolute atomic E-state index is 11.2. The maximum atomic E-state index is 11.2. The van der Waals surface area contributed by atoms with Crippen molar-refractivity contribution >= 4 is 17.5 Å². The van der Waals surface area contributed by atoms with Crippen LogP contribution in [0.1, 0.15) is 13.8 Å². The van der Waals surface area contributed by atoms with Crippen LogP contribution >= 0.6 is 0 Å². The number of aliphatic hydroxyl groups is 1. The number of nitro groups is 1. The minimum absolute atomic E-state index is 0.0733. The van der Waals surface area contributed by atoms with E-state index in [4.69, 9.17) is 4.74 Å². The highest BCUT2D eigenvalue weighted by atomic mass is 16.6. The summed E-state index contributed by atoms with van der Waals surface area (Å²) in [4.78, 5) is 20.7. The van der Waals surface area contributed by atoms with Crippen LogP contribution in [0.3, 0.4) is 0 Å². The molecule has 0 spiro atoms. The fourth-order valence-corrected chi connectivity index (χ4v) is 2.17. The van der Waals surface area contributed by atoms with E-state index < -0.39 is 4.92 Å². The third-order valence-corrected chi connectivity index (χ3v) is 3.26. The first-order valence-electron chi connectivity index (χ1n) is 6.81. The second-order valence-corrected chi connectivity index (χ2v) is 4.83. The fraction of sp³-hybridized carbons (Fsp3) is 0.667. The topological polar surface area (TPSA) is 114 Å². The van der Waals surface area contributed by atoms with E-state index >= 15 is 0 Å². The summed E-state index contributed by atoms with van der Waals surface area (Å²) in [5, 5.41) is 23.4. The molecule has 1 aliphatic heterocycles. The summed E-state index contributed by atoms with van der Waals surface area (Å²) in [5.74, 6) is 0.595. The van der Waals surface area contributed by atoms with E-state index in [0.29, 0.717) is 25.6 Å². The van der Waals surface area contributed by atoms with Gasteiger partial charge in [-0.25, -0.2) is 4.98 Å². The van der Waals surface area contributed by atoms with E-state index in [1.165, 1.54) is 6.20 Å². The van der Waals surface area contributed by atoms with Gasteiger partial charge in [-0.15, -0.1) is 0 Å². The van der Waals surface area contributed by atoms with Gasteiger partial charge in [-0.3, -0.25) is 10.1 Å². The Balaban J connectivity index is 2.38. The van der Waals surface area contributed by atoms with Crippen molar-refractivity contribution in [3.05, 3.63) is 16.3 Å². The van der Waals surface area contributed by atoms with Gasteiger partial charge >= 0.3 is 5.69 Å². The fourth-order valence-electron chi connectivity index (χ4n) is 2.17. The smallest absolute Gasteiger partial charge is 0.329 e. The van der Waals surface area contributed by atoms with Crippen molar-refractivity contribution in [1.82, 2.24) is 9.97 Å². The Kier molecular flexibility index (Phi) is 4.86. The molecule has 9 nitrogen and oxygen atoms in total. The Morgan fingerprint density at radius 1 is 1.67 bits per heavy atom. The van der Waals surface area contributed by atoms with Gasteiger partial charge in [0.2, 0.25) is 11.8 Å². The predicted octanol–water partition coefficient (Wildman–Crippen LogP) is 0.403. The molecular formula is C12H19N5O4. The number of anilines is 2. The van der Waals surface area contributed by atoms with Crippen LogP contribution in [0.15, 0.2) is 6.20 Å². The Hall–Kier alpha value is -2.00. The summed E-state index contributed by atoms with van der Waals surface area (Å²) >= 11 is 0. The third kappa shape index (κ3) is 3.37. The average Bonchev–Trinajstić information content (AvgIpc) is 2.48. The van der Waals surface area contributed by atoms with Crippen molar-refractivity contribution in [2.75, 3.05) is 36.5 Å². The van der Waals surface area contributed by atoms with Gasteiger partial charge in [0.25, 0.3) is 0 Å². The zero-order valence-electron chi connectivity index (χ0n) is 12.0. The van der Waals surface area contributed by atoms with Gasteiger partial charge in [0, 0.05) is 13.1 Å².